The Morgan fingerprint density at radius 1 is 1.28 bits per heavy atom. The fourth-order valence-electron chi connectivity index (χ4n) is 1.84. The molecule has 1 aromatic heterocycles. The third kappa shape index (κ3) is 2.91. The van der Waals surface area contributed by atoms with E-state index in [-0.39, 0.29) is 11.9 Å². The highest BCUT2D eigenvalue weighted by Crippen LogP contribution is 2.19. The van der Waals surface area contributed by atoms with Gasteiger partial charge in [-0.25, -0.2) is 4.39 Å². The van der Waals surface area contributed by atoms with Crippen LogP contribution in [0.1, 0.15) is 22.9 Å². The van der Waals surface area contributed by atoms with E-state index in [0.717, 1.165) is 11.3 Å². The summed E-state index contributed by atoms with van der Waals surface area (Å²) in [5.74, 6) is 5.33. The van der Waals surface area contributed by atoms with E-state index in [0.29, 0.717) is 12.0 Å². The predicted octanol–water partition coefficient (Wildman–Crippen LogP) is 2.28. The minimum atomic E-state index is -0.210. The lowest BCUT2D eigenvalue weighted by Crippen LogP contribution is -2.29. The fraction of sp³-hybridized carbons (Fsp3) is 0.214. The first-order chi connectivity index (χ1) is 8.70. The van der Waals surface area contributed by atoms with Crippen LogP contribution < -0.4 is 11.3 Å². The van der Waals surface area contributed by atoms with Gasteiger partial charge in [-0.2, -0.15) is 0 Å². The molecule has 0 radical (unpaired) electrons. The number of aryl methyl sites for hydroxylation is 1. The Kier molecular flexibility index (Phi) is 4.02. The van der Waals surface area contributed by atoms with Gasteiger partial charge in [-0.15, -0.1) is 0 Å². The monoisotopic (exact) mass is 245 g/mol. The Bertz CT molecular complexity index is 511. The van der Waals surface area contributed by atoms with Crippen molar-refractivity contribution in [3.63, 3.8) is 0 Å². The highest BCUT2D eigenvalue weighted by Gasteiger charge is 2.13. The smallest absolute Gasteiger partial charge is 0.126 e. The maximum absolute atomic E-state index is 13.6. The van der Waals surface area contributed by atoms with Crippen LogP contribution in [0.5, 0.6) is 0 Å². The molecule has 0 bridgehead atoms. The second kappa shape index (κ2) is 5.71. The first-order valence-corrected chi connectivity index (χ1v) is 5.83. The number of rotatable bonds is 4. The van der Waals surface area contributed by atoms with Crippen LogP contribution >= 0.6 is 0 Å². The molecule has 0 fully saturated rings. The lowest BCUT2D eigenvalue weighted by Gasteiger charge is -2.16. The number of nitrogens with two attached hydrogens (primary N) is 1. The van der Waals surface area contributed by atoms with Crippen molar-refractivity contribution in [2.45, 2.75) is 19.4 Å². The molecule has 0 saturated heterocycles. The molecule has 18 heavy (non-hydrogen) atoms. The largest absolute Gasteiger partial charge is 0.271 e. The summed E-state index contributed by atoms with van der Waals surface area (Å²) in [6.45, 7) is 1.92. The number of hydrogen-bond acceptors (Lipinski definition) is 3. The average Bonchev–Trinajstić information content (AvgIpc) is 2.39. The van der Waals surface area contributed by atoms with Crippen molar-refractivity contribution in [3.05, 3.63) is 65.2 Å². The molecule has 4 heteroatoms. The lowest BCUT2D eigenvalue weighted by atomic mass is 10.0. The summed E-state index contributed by atoms with van der Waals surface area (Å²) in [5, 5.41) is 0. The van der Waals surface area contributed by atoms with Crippen molar-refractivity contribution < 1.29 is 4.39 Å². The average molecular weight is 245 g/mol. The molecule has 2 rings (SSSR count). The summed E-state index contributed by atoms with van der Waals surface area (Å²) >= 11 is 0. The van der Waals surface area contributed by atoms with Crippen LogP contribution in [0.25, 0.3) is 0 Å². The number of hydrogen-bond donors (Lipinski definition) is 2. The van der Waals surface area contributed by atoms with Gasteiger partial charge in [-0.05, 0) is 36.6 Å². The van der Waals surface area contributed by atoms with Gasteiger partial charge in [0.05, 0.1) is 6.04 Å². The minimum Gasteiger partial charge on any atom is -0.271 e. The van der Waals surface area contributed by atoms with E-state index in [2.05, 4.69) is 10.4 Å². The number of pyridine rings is 1. The minimum absolute atomic E-state index is 0.144. The topological polar surface area (TPSA) is 50.9 Å². The maximum Gasteiger partial charge on any atom is 0.126 e. The van der Waals surface area contributed by atoms with Crippen LogP contribution in [0.15, 0.2) is 42.6 Å². The molecule has 1 heterocycles. The zero-order valence-electron chi connectivity index (χ0n) is 10.2. The van der Waals surface area contributed by atoms with Gasteiger partial charge in [0.2, 0.25) is 0 Å². The number of aromatic nitrogens is 1. The number of nitrogens with one attached hydrogen (secondary N) is 1. The van der Waals surface area contributed by atoms with Gasteiger partial charge >= 0.3 is 0 Å². The molecule has 1 unspecified atom stereocenters. The summed E-state index contributed by atoms with van der Waals surface area (Å²) in [6.07, 6.45) is 2.26. The van der Waals surface area contributed by atoms with Crippen LogP contribution in [0.2, 0.25) is 0 Å². The van der Waals surface area contributed by atoms with Crippen molar-refractivity contribution in [1.82, 2.24) is 10.4 Å². The number of hydrazine groups is 1. The highest BCUT2D eigenvalue weighted by molar-refractivity contribution is 5.23. The van der Waals surface area contributed by atoms with E-state index >= 15 is 0 Å². The second-order valence-corrected chi connectivity index (χ2v) is 4.25. The third-order valence-electron chi connectivity index (χ3n) is 2.92. The van der Waals surface area contributed by atoms with Crippen LogP contribution in [-0.4, -0.2) is 4.98 Å². The zero-order chi connectivity index (χ0) is 13.0. The van der Waals surface area contributed by atoms with Crippen molar-refractivity contribution >= 4 is 0 Å². The van der Waals surface area contributed by atoms with Crippen LogP contribution in [0.3, 0.4) is 0 Å². The molecule has 1 aromatic carbocycles. The number of nitrogens with zero attached hydrogens (tertiary/aromatic N) is 1. The summed E-state index contributed by atoms with van der Waals surface area (Å²) in [5.41, 5.74) is 5.24. The maximum atomic E-state index is 13.6. The highest BCUT2D eigenvalue weighted by atomic mass is 19.1. The standard InChI is InChI=1S/C14H16FN3/c1-10-6-7-12(9-17-10)14(18-16)8-11-4-2-3-5-13(11)15/h2-7,9,14,18H,8,16H2,1H3. The fourth-order valence-corrected chi connectivity index (χ4v) is 1.84. The Morgan fingerprint density at radius 3 is 2.67 bits per heavy atom. The zero-order valence-corrected chi connectivity index (χ0v) is 10.2. The summed E-state index contributed by atoms with van der Waals surface area (Å²) in [6, 6.07) is 10.4. The Hall–Kier alpha value is -1.78. The van der Waals surface area contributed by atoms with Gasteiger partial charge < -0.3 is 0 Å². The molecule has 94 valence electrons. The molecular weight excluding hydrogens is 229 g/mol. The van der Waals surface area contributed by atoms with Crippen molar-refractivity contribution in [1.29, 1.82) is 0 Å². The van der Waals surface area contributed by atoms with Gasteiger partial charge in [0.25, 0.3) is 0 Å². The quantitative estimate of drug-likeness (QED) is 0.642. The van der Waals surface area contributed by atoms with Crippen molar-refractivity contribution in [2.75, 3.05) is 0 Å². The Labute approximate surface area is 106 Å². The molecule has 0 amide bonds. The van der Waals surface area contributed by atoms with Crippen molar-refractivity contribution in [2.24, 2.45) is 5.84 Å². The first-order valence-electron chi connectivity index (χ1n) is 5.83. The normalized spacial score (nSPS) is 12.4. The van der Waals surface area contributed by atoms with E-state index in [1.165, 1.54) is 6.07 Å². The molecule has 0 aliphatic rings. The van der Waals surface area contributed by atoms with Crippen LogP contribution in [0.4, 0.5) is 4.39 Å². The van der Waals surface area contributed by atoms with E-state index in [1.807, 2.05) is 25.1 Å². The SMILES string of the molecule is Cc1ccc(C(Cc2ccccc2F)NN)cn1. The second-order valence-electron chi connectivity index (χ2n) is 4.25. The van der Waals surface area contributed by atoms with E-state index < -0.39 is 0 Å². The molecule has 3 N–H and O–H groups in total. The van der Waals surface area contributed by atoms with Gasteiger partial charge in [0.15, 0.2) is 0 Å². The molecule has 0 aliphatic heterocycles. The van der Waals surface area contributed by atoms with Crippen molar-refractivity contribution in [3.8, 4) is 0 Å². The van der Waals surface area contributed by atoms with E-state index in [9.17, 15) is 4.39 Å². The molecule has 0 saturated carbocycles. The Balaban J connectivity index is 2.20. The van der Waals surface area contributed by atoms with Crippen LogP contribution in [0, 0.1) is 12.7 Å². The number of benzene rings is 1. The molecule has 0 spiro atoms. The van der Waals surface area contributed by atoms with Gasteiger partial charge in [0, 0.05) is 11.9 Å². The molecule has 1 atom stereocenters. The molecule has 2 aromatic rings. The van der Waals surface area contributed by atoms with Gasteiger partial charge in [-0.1, -0.05) is 24.3 Å². The summed E-state index contributed by atoms with van der Waals surface area (Å²) in [7, 11) is 0. The summed E-state index contributed by atoms with van der Waals surface area (Å²) < 4.78 is 13.6. The van der Waals surface area contributed by atoms with Gasteiger partial charge in [0.1, 0.15) is 5.82 Å². The third-order valence-corrected chi connectivity index (χ3v) is 2.92. The summed E-state index contributed by atoms with van der Waals surface area (Å²) in [4.78, 5) is 4.22. The number of halogens is 1. The van der Waals surface area contributed by atoms with Gasteiger partial charge in [-0.3, -0.25) is 16.3 Å². The molecule has 3 nitrogen and oxygen atoms in total. The Morgan fingerprint density at radius 2 is 2.06 bits per heavy atom. The molecule has 0 aliphatic carbocycles. The van der Waals surface area contributed by atoms with E-state index in [1.54, 1.807) is 18.3 Å². The van der Waals surface area contributed by atoms with E-state index in [4.69, 9.17) is 5.84 Å². The first kappa shape index (κ1) is 12.7. The predicted molar refractivity (Wildman–Crippen MR) is 69.1 cm³/mol. The molecular formula is C14H16FN3. The van der Waals surface area contributed by atoms with Crippen LogP contribution in [-0.2, 0) is 6.42 Å². The lowest BCUT2D eigenvalue weighted by molar-refractivity contribution is 0.528.